The topological polar surface area (TPSA) is 64.1 Å². The fourth-order valence-corrected chi connectivity index (χ4v) is 3.11. The van der Waals surface area contributed by atoms with Crippen LogP contribution in [0.15, 0.2) is 36.0 Å². The third kappa shape index (κ3) is 3.78. The molecule has 0 bridgehead atoms. The van der Waals surface area contributed by atoms with Gasteiger partial charge in [-0.2, -0.15) is 0 Å². The summed E-state index contributed by atoms with van der Waals surface area (Å²) in [6.07, 6.45) is 7.16. The first-order valence-corrected chi connectivity index (χ1v) is 7.97. The second-order valence-electron chi connectivity index (χ2n) is 5.07. The number of hydrogen-bond donors (Lipinski definition) is 1. The van der Waals surface area contributed by atoms with Crippen molar-refractivity contribution in [2.24, 2.45) is 0 Å². The average Bonchev–Trinajstić information content (AvgIpc) is 3.05. The molecule has 1 aliphatic carbocycles. The van der Waals surface area contributed by atoms with E-state index >= 15 is 0 Å². The first-order valence-electron chi connectivity index (χ1n) is 7.09. The largest absolute Gasteiger partial charge is 0.460 e. The normalized spacial score (nSPS) is 21.7. The Kier molecular flexibility index (Phi) is 4.45. The Hall–Kier alpha value is -1.95. The van der Waals surface area contributed by atoms with Gasteiger partial charge < -0.3 is 10.1 Å². The van der Waals surface area contributed by atoms with Gasteiger partial charge in [-0.15, -0.1) is 11.3 Å². The number of rotatable bonds is 4. The Balaban J connectivity index is 1.46. The molecule has 0 aliphatic heterocycles. The SMILES string of the molecule is O=C(NC1CCC(Oc2ncccn2)CC1)c1cccs1. The second-order valence-corrected chi connectivity index (χ2v) is 6.02. The van der Waals surface area contributed by atoms with E-state index in [0.29, 0.717) is 6.01 Å². The Morgan fingerprint density at radius 1 is 1.19 bits per heavy atom. The Bertz CT molecular complexity index is 566. The number of thiophene rings is 1. The maximum atomic E-state index is 12.0. The molecule has 0 saturated heterocycles. The summed E-state index contributed by atoms with van der Waals surface area (Å²) in [6, 6.07) is 6.18. The molecule has 2 aromatic rings. The molecule has 2 heterocycles. The van der Waals surface area contributed by atoms with Gasteiger partial charge in [0, 0.05) is 18.4 Å². The number of ether oxygens (including phenoxy) is 1. The second kappa shape index (κ2) is 6.67. The third-order valence-electron chi connectivity index (χ3n) is 3.57. The van der Waals surface area contributed by atoms with Crippen LogP contribution in [-0.4, -0.2) is 28.0 Å². The van der Waals surface area contributed by atoms with Crippen molar-refractivity contribution < 1.29 is 9.53 Å². The van der Waals surface area contributed by atoms with Crippen LogP contribution >= 0.6 is 11.3 Å². The molecule has 5 nitrogen and oxygen atoms in total. The van der Waals surface area contributed by atoms with Crippen molar-refractivity contribution in [1.29, 1.82) is 0 Å². The van der Waals surface area contributed by atoms with Crippen LogP contribution in [0.3, 0.4) is 0 Å². The molecule has 3 rings (SSSR count). The fraction of sp³-hybridized carbons (Fsp3) is 0.400. The monoisotopic (exact) mass is 303 g/mol. The Morgan fingerprint density at radius 2 is 1.95 bits per heavy atom. The number of hydrogen-bond acceptors (Lipinski definition) is 5. The first kappa shape index (κ1) is 14.0. The highest BCUT2D eigenvalue weighted by atomic mass is 32.1. The van der Waals surface area contributed by atoms with Crippen LogP contribution in [0.4, 0.5) is 0 Å². The van der Waals surface area contributed by atoms with Gasteiger partial charge in [-0.1, -0.05) is 6.07 Å². The van der Waals surface area contributed by atoms with Crippen LogP contribution in [-0.2, 0) is 0 Å². The molecule has 1 N–H and O–H groups in total. The quantitative estimate of drug-likeness (QED) is 0.943. The zero-order chi connectivity index (χ0) is 14.5. The molecule has 6 heteroatoms. The lowest BCUT2D eigenvalue weighted by Gasteiger charge is -2.28. The molecule has 0 radical (unpaired) electrons. The number of amides is 1. The Labute approximate surface area is 127 Å². The van der Waals surface area contributed by atoms with E-state index in [9.17, 15) is 4.79 Å². The number of carbonyl (C=O) groups is 1. The molecule has 2 aromatic heterocycles. The van der Waals surface area contributed by atoms with Crippen LogP contribution in [0.25, 0.3) is 0 Å². The molecule has 0 atom stereocenters. The molecule has 1 saturated carbocycles. The zero-order valence-corrected chi connectivity index (χ0v) is 12.4. The van der Waals surface area contributed by atoms with E-state index in [2.05, 4.69) is 15.3 Å². The van der Waals surface area contributed by atoms with Gasteiger partial charge in [-0.3, -0.25) is 4.79 Å². The maximum absolute atomic E-state index is 12.0. The van der Waals surface area contributed by atoms with Crippen molar-refractivity contribution in [1.82, 2.24) is 15.3 Å². The lowest BCUT2D eigenvalue weighted by atomic mass is 9.93. The summed E-state index contributed by atoms with van der Waals surface area (Å²) in [6.45, 7) is 0. The van der Waals surface area contributed by atoms with Gasteiger partial charge in [0.1, 0.15) is 6.10 Å². The van der Waals surface area contributed by atoms with Crippen molar-refractivity contribution in [2.45, 2.75) is 37.8 Å². The minimum Gasteiger partial charge on any atom is -0.460 e. The smallest absolute Gasteiger partial charge is 0.316 e. The first-order chi connectivity index (χ1) is 10.3. The third-order valence-corrected chi connectivity index (χ3v) is 4.44. The maximum Gasteiger partial charge on any atom is 0.316 e. The summed E-state index contributed by atoms with van der Waals surface area (Å²) in [5.74, 6) is 0.0285. The van der Waals surface area contributed by atoms with Crippen LogP contribution in [0.2, 0.25) is 0 Å². The highest BCUT2D eigenvalue weighted by Crippen LogP contribution is 2.22. The molecule has 1 fully saturated rings. The predicted molar refractivity (Wildman–Crippen MR) is 80.5 cm³/mol. The van der Waals surface area contributed by atoms with E-state index in [4.69, 9.17) is 4.74 Å². The van der Waals surface area contributed by atoms with Crippen LogP contribution in [0.5, 0.6) is 6.01 Å². The summed E-state index contributed by atoms with van der Waals surface area (Å²) < 4.78 is 5.75. The summed E-state index contributed by atoms with van der Waals surface area (Å²) in [7, 11) is 0. The lowest BCUT2D eigenvalue weighted by molar-refractivity contribution is 0.0889. The van der Waals surface area contributed by atoms with E-state index in [1.807, 2.05) is 17.5 Å². The van der Waals surface area contributed by atoms with Crippen LogP contribution < -0.4 is 10.1 Å². The number of carbonyl (C=O) groups excluding carboxylic acids is 1. The van der Waals surface area contributed by atoms with Crippen LogP contribution in [0.1, 0.15) is 35.4 Å². The summed E-state index contributed by atoms with van der Waals surface area (Å²) in [5, 5.41) is 5.01. The van der Waals surface area contributed by atoms with E-state index in [0.717, 1.165) is 30.6 Å². The average molecular weight is 303 g/mol. The van der Waals surface area contributed by atoms with E-state index in [1.54, 1.807) is 18.5 Å². The zero-order valence-electron chi connectivity index (χ0n) is 11.6. The molecular formula is C15H17N3O2S. The van der Waals surface area contributed by atoms with Gasteiger partial charge in [-0.25, -0.2) is 9.97 Å². The predicted octanol–water partition coefficient (Wildman–Crippen LogP) is 2.66. The van der Waals surface area contributed by atoms with E-state index in [-0.39, 0.29) is 18.1 Å². The number of nitrogens with zero attached hydrogens (tertiary/aromatic N) is 2. The minimum absolute atomic E-state index is 0.0285. The minimum atomic E-state index is 0.0285. The molecule has 0 aromatic carbocycles. The summed E-state index contributed by atoms with van der Waals surface area (Å²) in [4.78, 5) is 20.9. The van der Waals surface area contributed by atoms with Crippen molar-refractivity contribution >= 4 is 17.2 Å². The van der Waals surface area contributed by atoms with Crippen molar-refractivity contribution in [2.75, 3.05) is 0 Å². The van der Waals surface area contributed by atoms with Crippen LogP contribution in [0, 0.1) is 0 Å². The molecule has 1 aliphatic rings. The molecule has 1 amide bonds. The highest BCUT2D eigenvalue weighted by molar-refractivity contribution is 7.12. The van der Waals surface area contributed by atoms with Gasteiger partial charge in [0.2, 0.25) is 0 Å². The number of aromatic nitrogens is 2. The fourth-order valence-electron chi connectivity index (χ4n) is 2.48. The summed E-state index contributed by atoms with van der Waals surface area (Å²) >= 11 is 1.47. The standard InChI is InChI=1S/C15H17N3O2S/c19-14(13-3-1-10-21-13)18-11-4-6-12(7-5-11)20-15-16-8-2-9-17-15/h1-3,8-12H,4-7H2,(H,18,19). The van der Waals surface area contributed by atoms with E-state index < -0.39 is 0 Å². The van der Waals surface area contributed by atoms with Crippen molar-refractivity contribution in [3.8, 4) is 6.01 Å². The van der Waals surface area contributed by atoms with Gasteiger partial charge >= 0.3 is 6.01 Å². The number of nitrogens with one attached hydrogen (secondary N) is 1. The van der Waals surface area contributed by atoms with Gasteiger partial charge in [0.15, 0.2) is 0 Å². The molecule has 110 valence electrons. The van der Waals surface area contributed by atoms with E-state index in [1.165, 1.54) is 11.3 Å². The van der Waals surface area contributed by atoms with Gasteiger partial charge in [0.05, 0.1) is 4.88 Å². The molecule has 21 heavy (non-hydrogen) atoms. The molecular weight excluding hydrogens is 286 g/mol. The van der Waals surface area contributed by atoms with Crippen molar-refractivity contribution in [3.63, 3.8) is 0 Å². The highest BCUT2D eigenvalue weighted by Gasteiger charge is 2.24. The molecule has 0 spiro atoms. The Morgan fingerprint density at radius 3 is 2.62 bits per heavy atom. The van der Waals surface area contributed by atoms with Gasteiger partial charge in [0.25, 0.3) is 5.91 Å². The van der Waals surface area contributed by atoms with Crippen molar-refractivity contribution in [3.05, 3.63) is 40.8 Å². The summed E-state index contributed by atoms with van der Waals surface area (Å²) in [5.41, 5.74) is 0. The lowest BCUT2D eigenvalue weighted by Crippen LogP contribution is -2.39. The molecule has 0 unspecified atom stereocenters. The van der Waals surface area contributed by atoms with Gasteiger partial charge in [-0.05, 0) is 43.2 Å².